The Morgan fingerprint density at radius 2 is 2.37 bits per heavy atom. The minimum atomic E-state index is -0.180. The molecular formula is C10H14ClCoN3O2S2+2. The number of hydrogen-bond acceptors (Lipinski definition) is 4. The van der Waals surface area contributed by atoms with E-state index in [9.17, 15) is 0 Å². The molecule has 1 rings (SSSR count). The van der Waals surface area contributed by atoms with Gasteiger partial charge in [-0.1, -0.05) is 11.8 Å². The van der Waals surface area contributed by atoms with Gasteiger partial charge in [-0.2, -0.15) is 0 Å². The van der Waals surface area contributed by atoms with Gasteiger partial charge in [-0.05, 0) is 13.2 Å². The molecule has 9 heteroatoms. The summed E-state index contributed by atoms with van der Waals surface area (Å²) < 4.78 is 0.532. The molecular weight excluding hydrogens is 353 g/mol. The summed E-state index contributed by atoms with van der Waals surface area (Å²) in [5.74, 6) is 0.250. The quantitative estimate of drug-likeness (QED) is 0.289. The van der Waals surface area contributed by atoms with E-state index < -0.39 is 0 Å². The van der Waals surface area contributed by atoms with Crippen LogP contribution < -0.4 is 0 Å². The van der Waals surface area contributed by atoms with Crippen LogP contribution in [0.1, 0.15) is 16.8 Å². The van der Waals surface area contributed by atoms with Crippen molar-refractivity contribution in [3.8, 4) is 5.75 Å². The molecule has 19 heavy (non-hydrogen) atoms. The van der Waals surface area contributed by atoms with Gasteiger partial charge in [0.2, 0.25) is 0 Å². The van der Waals surface area contributed by atoms with Crippen LogP contribution in [0.15, 0.2) is 11.3 Å². The summed E-state index contributed by atoms with van der Waals surface area (Å²) in [6, 6.07) is 0. The van der Waals surface area contributed by atoms with E-state index >= 15 is 0 Å². The van der Waals surface area contributed by atoms with Gasteiger partial charge in [0.1, 0.15) is 5.69 Å². The molecule has 0 fully saturated rings. The molecule has 1 heterocycles. The van der Waals surface area contributed by atoms with E-state index in [2.05, 4.69) is 52.7 Å². The summed E-state index contributed by atoms with van der Waals surface area (Å²) in [5, 5.41) is 20.8. The van der Waals surface area contributed by atoms with E-state index in [1.165, 1.54) is 24.2 Å². The predicted molar refractivity (Wildman–Crippen MR) is 82.0 cm³/mol. The molecule has 0 radical (unpaired) electrons. The molecule has 107 valence electrons. The number of halogens is 1. The summed E-state index contributed by atoms with van der Waals surface area (Å²) in [5.41, 5.74) is 5.49. The fourth-order valence-corrected chi connectivity index (χ4v) is 1.29. The van der Waals surface area contributed by atoms with E-state index in [1.807, 2.05) is 6.26 Å². The minimum absolute atomic E-state index is 0.180. The van der Waals surface area contributed by atoms with Gasteiger partial charge in [-0.25, -0.2) is 0 Å². The first kappa shape index (κ1) is 18.6. The number of pyridine rings is 1. The van der Waals surface area contributed by atoms with Crippen molar-refractivity contribution in [2.45, 2.75) is 13.5 Å². The Balaban J connectivity index is 0.00000154. The van der Waals surface area contributed by atoms with Crippen molar-refractivity contribution in [2.24, 2.45) is 5.10 Å². The number of nitrogens with zero attached hydrogens (tertiary/aromatic N) is 3. The maximum atomic E-state index is 9.15. The molecule has 5 nitrogen and oxygen atoms in total. The van der Waals surface area contributed by atoms with Crippen LogP contribution in [0.4, 0.5) is 0 Å². The first-order chi connectivity index (χ1) is 9.10. The van der Waals surface area contributed by atoms with Gasteiger partial charge in [0.25, 0.3) is 5.75 Å². The van der Waals surface area contributed by atoms with E-state index in [-0.39, 0.29) is 12.4 Å². The van der Waals surface area contributed by atoms with Crippen LogP contribution in [0.5, 0.6) is 5.75 Å². The second-order valence-corrected chi connectivity index (χ2v) is 4.67. The Kier molecular flexibility index (Phi) is 10.2. The number of thioether (sulfide) groups is 1. The summed E-state index contributed by atoms with van der Waals surface area (Å²) >= 11 is 8.47. The normalized spacial score (nSPS) is 9.95. The molecule has 1 aromatic rings. The molecule has 3 N–H and O–H groups in total. The number of rotatable bonds is 3. The SMILES string of the molecule is CSC(=[SH+])[N-]N=Cc1c(CO)cnc(C)c1[OH2+].[Cl][Co+]. The Bertz CT molecular complexity index is 461. The molecule has 0 aliphatic carbocycles. The van der Waals surface area contributed by atoms with Gasteiger partial charge in [0.05, 0.1) is 12.2 Å². The summed E-state index contributed by atoms with van der Waals surface area (Å²) in [7, 11) is 4.33. The van der Waals surface area contributed by atoms with Crippen LogP contribution in [0, 0.1) is 6.92 Å². The third-order valence-corrected chi connectivity index (χ3v) is 3.16. The topological polar surface area (TPSA) is 82.5 Å². The van der Waals surface area contributed by atoms with Crippen LogP contribution in [0.25, 0.3) is 5.43 Å². The maximum absolute atomic E-state index is 9.15. The number of aromatic nitrogens is 1. The van der Waals surface area contributed by atoms with Crippen molar-refractivity contribution in [3.05, 3.63) is 28.4 Å². The summed E-state index contributed by atoms with van der Waals surface area (Å²) in [6.07, 6.45) is 4.82. The van der Waals surface area contributed by atoms with E-state index in [1.54, 1.807) is 6.92 Å². The van der Waals surface area contributed by atoms with Crippen molar-refractivity contribution in [2.75, 3.05) is 6.26 Å². The molecule has 0 bridgehead atoms. The van der Waals surface area contributed by atoms with E-state index in [0.717, 1.165) is 0 Å². The van der Waals surface area contributed by atoms with Crippen molar-refractivity contribution in [1.82, 2.24) is 4.98 Å². The van der Waals surface area contributed by atoms with Gasteiger partial charge in [-0.3, -0.25) is 4.98 Å². The monoisotopic (exact) mass is 366 g/mol. The third kappa shape index (κ3) is 6.06. The molecule has 0 aromatic carbocycles. The van der Waals surface area contributed by atoms with Crippen LogP contribution in [-0.2, 0) is 33.7 Å². The zero-order valence-corrected chi connectivity index (χ0v) is 13.7. The molecule has 0 spiro atoms. The van der Waals surface area contributed by atoms with E-state index in [0.29, 0.717) is 21.1 Å². The first-order valence-corrected chi connectivity index (χ1v) is 7.98. The summed E-state index contributed by atoms with van der Waals surface area (Å²) in [4.78, 5) is 4.01. The Morgan fingerprint density at radius 1 is 1.74 bits per heavy atom. The van der Waals surface area contributed by atoms with Crippen molar-refractivity contribution < 1.29 is 25.0 Å². The molecule has 0 saturated heterocycles. The zero-order valence-electron chi connectivity index (χ0n) is 10.2. The fraction of sp³-hybridized carbons (Fsp3) is 0.300. The van der Waals surface area contributed by atoms with Crippen molar-refractivity contribution >= 4 is 44.7 Å². The van der Waals surface area contributed by atoms with Gasteiger partial charge in [0.15, 0.2) is 16.5 Å². The third-order valence-electron chi connectivity index (χ3n) is 2.07. The molecule has 0 aliphatic rings. The fourth-order valence-electron chi connectivity index (χ4n) is 1.11. The Morgan fingerprint density at radius 3 is 2.89 bits per heavy atom. The average molecular weight is 367 g/mol. The Hall–Kier alpha value is -0.384. The van der Waals surface area contributed by atoms with Crippen LogP contribution in [0.3, 0.4) is 0 Å². The average Bonchev–Trinajstić information content (AvgIpc) is 2.45. The summed E-state index contributed by atoms with van der Waals surface area (Å²) in [6.45, 7) is 1.55. The molecule has 0 amide bonds. The van der Waals surface area contributed by atoms with Gasteiger partial charge in [0, 0.05) is 18.0 Å². The molecule has 0 unspecified atom stereocenters. The van der Waals surface area contributed by atoms with Crippen molar-refractivity contribution in [3.63, 3.8) is 0 Å². The number of hydrogen-bond donors (Lipinski definition) is 1. The van der Waals surface area contributed by atoms with Crippen LogP contribution in [0.2, 0.25) is 0 Å². The number of aliphatic hydroxyl groups excluding tert-OH is 1. The molecule has 0 saturated carbocycles. The van der Waals surface area contributed by atoms with E-state index in [4.69, 9.17) is 10.2 Å². The zero-order chi connectivity index (χ0) is 14.8. The number of aryl methyl sites for hydroxylation is 1. The van der Waals surface area contributed by atoms with Crippen LogP contribution >= 0.6 is 21.9 Å². The second-order valence-electron chi connectivity index (χ2n) is 3.15. The molecule has 0 aliphatic heterocycles. The number of aliphatic hydroxyl groups is 1. The van der Waals surface area contributed by atoms with Gasteiger partial charge in [-0.15, -0.1) is 0 Å². The molecule has 1 aromatic heterocycles. The predicted octanol–water partition coefficient (Wildman–Crippen LogP) is 1.44. The molecule has 0 atom stereocenters. The van der Waals surface area contributed by atoms with Crippen molar-refractivity contribution in [1.29, 1.82) is 0 Å². The van der Waals surface area contributed by atoms with Gasteiger partial charge < -0.3 is 20.7 Å². The second kappa shape index (κ2) is 10.4. The first-order valence-electron chi connectivity index (χ1n) is 4.87. The standard InChI is InChI=1S/C10H13N3O2S2.ClH.Co/c1-6-9(15)8(7(5-14)3-11-6)4-12-13-10(16)17-2;;/h3-4,14H,5H2,1-2H3,(H2,11,12,13,15,16);1H;/q;;+2. The van der Waals surface area contributed by atoms with Crippen LogP contribution in [-0.4, -0.2) is 32.0 Å². The Labute approximate surface area is 133 Å². The number of thiol groups is 1. The van der Waals surface area contributed by atoms with Gasteiger partial charge >= 0.3 is 25.0 Å².